The maximum atomic E-state index is 15.1. The Hall–Kier alpha value is -2.59. The minimum absolute atomic E-state index is 0.101. The van der Waals surface area contributed by atoms with E-state index in [1.165, 1.54) is 17.2 Å². The Morgan fingerprint density at radius 1 is 1.24 bits per heavy atom. The molecule has 180 valence electrons. The van der Waals surface area contributed by atoms with Crippen LogP contribution in [0, 0.1) is 5.82 Å². The first-order valence-electron chi connectivity index (χ1n) is 11.3. The van der Waals surface area contributed by atoms with Crippen LogP contribution < -0.4 is 14.5 Å². The summed E-state index contributed by atoms with van der Waals surface area (Å²) in [5.74, 6) is -0.0445. The maximum Gasteiger partial charge on any atom is 0.414 e. The van der Waals surface area contributed by atoms with Crippen LogP contribution in [0.1, 0.15) is 27.2 Å². The molecule has 0 saturated carbocycles. The Morgan fingerprint density at radius 2 is 2.03 bits per heavy atom. The van der Waals surface area contributed by atoms with E-state index in [4.69, 9.17) is 18.4 Å². The molecule has 8 nitrogen and oxygen atoms in total. The van der Waals surface area contributed by atoms with Gasteiger partial charge >= 0.3 is 6.09 Å². The van der Waals surface area contributed by atoms with Gasteiger partial charge in [0.1, 0.15) is 18.7 Å². The average molecular weight is 478 g/mol. The number of amides is 1. The third-order valence-electron chi connectivity index (χ3n) is 6.70. The number of hydrogen-bond donors (Lipinski definition) is 0. The van der Waals surface area contributed by atoms with Crippen molar-refractivity contribution in [1.29, 1.82) is 0 Å². The Bertz CT molecular complexity index is 979. The summed E-state index contributed by atoms with van der Waals surface area (Å²) >= 11 is 0. The quantitative estimate of drug-likeness (QED) is 0.529. The lowest BCUT2D eigenvalue weighted by Gasteiger charge is -2.38. The van der Waals surface area contributed by atoms with Crippen LogP contribution in [0.4, 0.5) is 20.6 Å². The van der Waals surface area contributed by atoms with Gasteiger partial charge in [0.2, 0.25) is 0 Å². The fourth-order valence-corrected chi connectivity index (χ4v) is 5.21. The van der Waals surface area contributed by atoms with Gasteiger partial charge in [0.05, 0.1) is 24.0 Å². The molecule has 2 aliphatic rings. The van der Waals surface area contributed by atoms with Crippen molar-refractivity contribution >= 4 is 25.8 Å². The number of hydrogen-bond acceptors (Lipinski definition) is 7. The first-order chi connectivity index (χ1) is 15.5. The minimum Gasteiger partial charge on any atom is -0.471 e. The second-order valence-corrected chi connectivity index (χ2v) is 14.9. The molecule has 2 atom stereocenters. The highest BCUT2D eigenvalue weighted by Crippen LogP contribution is 2.39. The van der Waals surface area contributed by atoms with E-state index in [1.807, 2.05) is 4.90 Å². The highest BCUT2D eigenvalue weighted by atomic mass is 28.4. The van der Waals surface area contributed by atoms with Crippen LogP contribution in [0.3, 0.4) is 0 Å². The molecule has 0 radical (unpaired) electrons. The van der Waals surface area contributed by atoms with E-state index < -0.39 is 20.5 Å². The largest absolute Gasteiger partial charge is 0.471 e. The summed E-state index contributed by atoms with van der Waals surface area (Å²) < 4.78 is 37.1. The number of cyclic esters (lactones) is 1. The molecule has 2 saturated heterocycles. The predicted octanol–water partition coefficient (Wildman–Crippen LogP) is 4.82. The van der Waals surface area contributed by atoms with Crippen LogP contribution in [0.5, 0.6) is 5.88 Å². The summed E-state index contributed by atoms with van der Waals surface area (Å²) in [5.41, 5.74) is 0.983. The van der Waals surface area contributed by atoms with Crippen LogP contribution in [0.2, 0.25) is 18.1 Å². The summed E-state index contributed by atoms with van der Waals surface area (Å²) in [6.07, 6.45) is 1.36. The van der Waals surface area contributed by atoms with Gasteiger partial charge in [-0.25, -0.2) is 9.18 Å². The maximum absolute atomic E-state index is 15.1. The zero-order chi connectivity index (χ0) is 23.8. The molecule has 10 heteroatoms. The van der Waals surface area contributed by atoms with Crippen LogP contribution in [0.15, 0.2) is 35.1 Å². The van der Waals surface area contributed by atoms with Crippen molar-refractivity contribution in [2.75, 3.05) is 36.0 Å². The van der Waals surface area contributed by atoms with Crippen molar-refractivity contribution in [2.24, 2.45) is 0 Å². The average Bonchev–Trinajstić information content (AvgIpc) is 3.46. The minimum atomic E-state index is -1.88. The number of benzene rings is 1. The number of carbonyl (C=O) groups is 1. The number of nitrogens with zero attached hydrogens (tertiary/aromatic N) is 3. The fourth-order valence-electron chi connectivity index (χ4n) is 3.83. The number of carbonyl (C=O) groups excluding carboxylic acids is 1. The van der Waals surface area contributed by atoms with Gasteiger partial charge in [-0.3, -0.25) is 4.90 Å². The molecule has 0 aliphatic carbocycles. The molecule has 2 fully saturated rings. The van der Waals surface area contributed by atoms with E-state index in [0.29, 0.717) is 23.8 Å². The summed E-state index contributed by atoms with van der Waals surface area (Å²) in [7, 11) is -1.88. The number of halogens is 1. The van der Waals surface area contributed by atoms with Crippen molar-refractivity contribution in [3.63, 3.8) is 0 Å². The topological polar surface area (TPSA) is 77.3 Å². The lowest BCUT2D eigenvalue weighted by molar-refractivity contribution is 0.102. The molecule has 0 spiro atoms. The molecule has 4 rings (SSSR count). The highest BCUT2D eigenvalue weighted by molar-refractivity contribution is 6.74. The number of ether oxygens (including phenoxy) is 2. The van der Waals surface area contributed by atoms with Gasteiger partial charge in [-0.1, -0.05) is 20.8 Å². The molecule has 1 aromatic heterocycles. The van der Waals surface area contributed by atoms with Crippen molar-refractivity contribution in [1.82, 2.24) is 5.16 Å². The Balaban J connectivity index is 1.37. The molecule has 1 amide bonds. The van der Waals surface area contributed by atoms with Crippen molar-refractivity contribution in [3.8, 4) is 5.88 Å². The number of aromatic nitrogens is 1. The van der Waals surface area contributed by atoms with Crippen molar-refractivity contribution < 1.29 is 27.6 Å². The van der Waals surface area contributed by atoms with Gasteiger partial charge < -0.3 is 23.3 Å². The summed E-state index contributed by atoms with van der Waals surface area (Å²) in [4.78, 5) is 15.8. The van der Waals surface area contributed by atoms with Crippen LogP contribution in [0.25, 0.3) is 0 Å². The summed E-state index contributed by atoms with van der Waals surface area (Å²) in [6, 6.07) is 6.44. The normalized spacial score (nSPS) is 21.6. The molecular formula is C23H32FN3O5Si. The van der Waals surface area contributed by atoms with Gasteiger partial charge in [0.25, 0.3) is 5.88 Å². The van der Waals surface area contributed by atoms with Crippen molar-refractivity contribution in [3.05, 3.63) is 36.3 Å². The highest BCUT2D eigenvalue weighted by Gasteiger charge is 2.41. The number of anilines is 2. The molecule has 0 bridgehead atoms. The Morgan fingerprint density at radius 3 is 2.70 bits per heavy atom. The van der Waals surface area contributed by atoms with Crippen LogP contribution in [-0.2, 0) is 9.16 Å². The van der Waals surface area contributed by atoms with E-state index in [0.717, 1.165) is 13.0 Å². The van der Waals surface area contributed by atoms with E-state index in [-0.39, 0.29) is 30.1 Å². The third kappa shape index (κ3) is 5.16. The van der Waals surface area contributed by atoms with Crippen LogP contribution >= 0.6 is 0 Å². The lowest BCUT2D eigenvalue weighted by Crippen LogP contribution is -2.44. The fraction of sp³-hybridized carbons (Fsp3) is 0.565. The van der Waals surface area contributed by atoms with Gasteiger partial charge in [0, 0.05) is 19.2 Å². The molecule has 2 aromatic rings. The summed E-state index contributed by atoms with van der Waals surface area (Å²) in [6.45, 7) is 12.9. The Kier molecular flexibility index (Phi) is 6.41. The molecule has 33 heavy (non-hydrogen) atoms. The first kappa shape index (κ1) is 23.6. The van der Waals surface area contributed by atoms with E-state index >= 15 is 4.39 Å². The smallest absolute Gasteiger partial charge is 0.414 e. The monoisotopic (exact) mass is 477 g/mol. The van der Waals surface area contributed by atoms with Gasteiger partial charge in [-0.15, -0.1) is 0 Å². The zero-order valence-electron chi connectivity index (χ0n) is 19.8. The van der Waals surface area contributed by atoms with Crippen molar-refractivity contribution in [2.45, 2.75) is 57.5 Å². The van der Waals surface area contributed by atoms with Crippen LogP contribution in [-0.4, -0.2) is 58.0 Å². The molecule has 1 aromatic carbocycles. The van der Waals surface area contributed by atoms with Gasteiger partial charge in [-0.05, 0) is 47.9 Å². The molecule has 3 heterocycles. The standard InChI is InChI=1S/C23H32FN3O5Si/c1-23(2,3)33(4,5)32-17-8-10-26(13-17)20-7-6-16(12-19(20)24)27-14-18(31-22(27)28)15-29-21-9-11-30-25-21/h6-7,9,11-12,17-18H,8,10,13-15H2,1-5H3/t17-,18-/m1/s1. The Labute approximate surface area is 194 Å². The number of rotatable bonds is 7. The van der Waals surface area contributed by atoms with Gasteiger partial charge in [0.15, 0.2) is 14.4 Å². The van der Waals surface area contributed by atoms with E-state index in [1.54, 1.807) is 18.2 Å². The first-order valence-corrected chi connectivity index (χ1v) is 14.2. The second kappa shape index (κ2) is 8.98. The molecule has 0 N–H and O–H groups in total. The molecule has 0 unspecified atom stereocenters. The molecule has 2 aliphatic heterocycles. The second-order valence-electron chi connectivity index (χ2n) is 10.1. The summed E-state index contributed by atoms with van der Waals surface area (Å²) in [5, 5.41) is 3.79. The van der Waals surface area contributed by atoms with E-state index in [2.05, 4.69) is 39.0 Å². The predicted molar refractivity (Wildman–Crippen MR) is 125 cm³/mol. The van der Waals surface area contributed by atoms with E-state index in [9.17, 15) is 4.79 Å². The molecular weight excluding hydrogens is 445 g/mol. The zero-order valence-corrected chi connectivity index (χ0v) is 20.8. The third-order valence-corrected chi connectivity index (χ3v) is 11.2. The lowest BCUT2D eigenvalue weighted by atomic mass is 10.2. The van der Waals surface area contributed by atoms with Gasteiger partial charge in [-0.2, -0.15) is 0 Å². The SMILES string of the molecule is CC(C)(C)[Si](C)(C)O[C@@H]1CCN(c2ccc(N3C[C@H](COc4ccon4)OC3=O)cc2F)C1.